The molecule has 2 heterocycles. The van der Waals surface area contributed by atoms with E-state index in [9.17, 15) is 4.79 Å². The van der Waals surface area contributed by atoms with E-state index in [2.05, 4.69) is 10.3 Å². The first kappa shape index (κ1) is 14.7. The van der Waals surface area contributed by atoms with Crippen molar-refractivity contribution in [2.75, 3.05) is 18.5 Å². The molecule has 1 aromatic heterocycles. The number of anilines is 1. The van der Waals surface area contributed by atoms with E-state index in [0.717, 1.165) is 11.3 Å². The first-order valence-electron chi connectivity index (χ1n) is 6.93. The SMILES string of the molecule is Cc1cccc(NC(=O)Cc2cc(Cl)c3c(c2)OCCO3)n1. The van der Waals surface area contributed by atoms with E-state index >= 15 is 0 Å². The van der Waals surface area contributed by atoms with Crippen molar-refractivity contribution in [3.8, 4) is 11.5 Å². The second-order valence-electron chi connectivity index (χ2n) is 4.99. The zero-order valence-corrected chi connectivity index (χ0v) is 12.8. The highest BCUT2D eigenvalue weighted by atomic mass is 35.5. The van der Waals surface area contributed by atoms with Gasteiger partial charge in [0.2, 0.25) is 5.91 Å². The van der Waals surface area contributed by atoms with Gasteiger partial charge in [-0.3, -0.25) is 4.79 Å². The van der Waals surface area contributed by atoms with Crippen LogP contribution in [0.2, 0.25) is 5.02 Å². The highest BCUT2D eigenvalue weighted by Gasteiger charge is 2.17. The van der Waals surface area contributed by atoms with Gasteiger partial charge in [-0.25, -0.2) is 4.98 Å². The summed E-state index contributed by atoms with van der Waals surface area (Å²) in [5, 5.41) is 3.22. The number of amides is 1. The molecule has 2 aromatic rings. The van der Waals surface area contributed by atoms with E-state index in [1.807, 2.05) is 19.1 Å². The fraction of sp³-hybridized carbons (Fsp3) is 0.250. The van der Waals surface area contributed by atoms with Gasteiger partial charge in [0, 0.05) is 5.69 Å². The molecule has 6 heteroatoms. The monoisotopic (exact) mass is 318 g/mol. The molecule has 0 aliphatic carbocycles. The number of pyridine rings is 1. The van der Waals surface area contributed by atoms with Crippen LogP contribution in [-0.2, 0) is 11.2 Å². The zero-order chi connectivity index (χ0) is 15.5. The van der Waals surface area contributed by atoms with Gasteiger partial charge in [-0.2, -0.15) is 0 Å². The molecule has 22 heavy (non-hydrogen) atoms. The summed E-state index contributed by atoms with van der Waals surface area (Å²) >= 11 is 6.16. The minimum atomic E-state index is -0.161. The number of aromatic nitrogens is 1. The summed E-state index contributed by atoms with van der Waals surface area (Å²) < 4.78 is 11.0. The Labute approximate surface area is 133 Å². The minimum Gasteiger partial charge on any atom is -0.486 e. The van der Waals surface area contributed by atoms with E-state index in [-0.39, 0.29) is 12.3 Å². The third-order valence-corrected chi connectivity index (χ3v) is 3.46. The molecular weight excluding hydrogens is 304 g/mol. The van der Waals surface area contributed by atoms with Gasteiger partial charge in [-0.1, -0.05) is 17.7 Å². The molecule has 1 amide bonds. The molecule has 0 radical (unpaired) electrons. The van der Waals surface area contributed by atoms with E-state index < -0.39 is 0 Å². The molecule has 1 N–H and O–H groups in total. The van der Waals surface area contributed by atoms with Crippen LogP contribution in [0.25, 0.3) is 0 Å². The molecule has 0 fully saturated rings. The summed E-state index contributed by atoms with van der Waals surface area (Å²) in [6.07, 6.45) is 0.186. The van der Waals surface area contributed by atoms with Gasteiger partial charge in [-0.15, -0.1) is 0 Å². The minimum absolute atomic E-state index is 0.161. The first-order valence-corrected chi connectivity index (χ1v) is 7.31. The van der Waals surface area contributed by atoms with Crippen molar-refractivity contribution in [3.05, 3.63) is 46.6 Å². The molecule has 0 atom stereocenters. The second-order valence-corrected chi connectivity index (χ2v) is 5.40. The first-order chi connectivity index (χ1) is 10.6. The lowest BCUT2D eigenvalue weighted by molar-refractivity contribution is -0.115. The quantitative estimate of drug-likeness (QED) is 0.945. The van der Waals surface area contributed by atoms with Gasteiger partial charge in [0.15, 0.2) is 11.5 Å². The van der Waals surface area contributed by atoms with Crippen LogP contribution < -0.4 is 14.8 Å². The number of ether oxygens (including phenoxy) is 2. The highest BCUT2D eigenvalue weighted by molar-refractivity contribution is 6.32. The van der Waals surface area contributed by atoms with Crippen molar-refractivity contribution in [2.24, 2.45) is 0 Å². The number of rotatable bonds is 3. The van der Waals surface area contributed by atoms with Crippen molar-refractivity contribution in [1.29, 1.82) is 0 Å². The lowest BCUT2D eigenvalue weighted by Crippen LogP contribution is -2.18. The van der Waals surface area contributed by atoms with Crippen LogP contribution in [0.5, 0.6) is 11.5 Å². The van der Waals surface area contributed by atoms with E-state index in [4.69, 9.17) is 21.1 Å². The molecule has 1 aromatic carbocycles. The second kappa shape index (κ2) is 6.23. The van der Waals surface area contributed by atoms with Gasteiger partial charge in [-0.05, 0) is 36.8 Å². The molecule has 0 saturated carbocycles. The number of benzene rings is 1. The lowest BCUT2D eigenvalue weighted by atomic mass is 10.1. The molecular formula is C16H15ClN2O3. The fourth-order valence-corrected chi connectivity index (χ4v) is 2.54. The van der Waals surface area contributed by atoms with Crippen LogP contribution in [-0.4, -0.2) is 24.1 Å². The summed E-state index contributed by atoms with van der Waals surface area (Å²) in [6, 6.07) is 8.97. The standard InChI is InChI=1S/C16H15ClN2O3/c1-10-3-2-4-14(18-10)19-15(20)9-11-7-12(17)16-13(8-11)21-5-6-22-16/h2-4,7-8H,5-6,9H2,1H3,(H,18,19,20). The Hall–Kier alpha value is -2.27. The molecule has 1 aliphatic rings. The van der Waals surface area contributed by atoms with Crippen molar-refractivity contribution < 1.29 is 14.3 Å². The van der Waals surface area contributed by atoms with Crippen LogP contribution in [0, 0.1) is 6.92 Å². The van der Waals surface area contributed by atoms with Gasteiger partial charge in [0.1, 0.15) is 19.0 Å². The van der Waals surface area contributed by atoms with E-state index in [1.165, 1.54) is 0 Å². The number of nitrogens with one attached hydrogen (secondary N) is 1. The van der Waals surface area contributed by atoms with Crippen molar-refractivity contribution in [1.82, 2.24) is 4.98 Å². The maximum Gasteiger partial charge on any atom is 0.229 e. The van der Waals surface area contributed by atoms with Crippen LogP contribution in [0.15, 0.2) is 30.3 Å². The summed E-state index contributed by atoms with van der Waals surface area (Å²) in [7, 11) is 0. The molecule has 114 valence electrons. The number of fused-ring (bicyclic) bond motifs is 1. The summed E-state index contributed by atoms with van der Waals surface area (Å²) in [4.78, 5) is 16.3. The lowest BCUT2D eigenvalue weighted by Gasteiger charge is -2.20. The molecule has 0 saturated heterocycles. The van der Waals surface area contributed by atoms with Crippen molar-refractivity contribution in [3.63, 3.8) is 0 Å². The molecule has 0 spiro atoms. The predicted molar refractivity (Wildman–Crippen MR) is 83.7 cm³/mol. The number of hydrogen-bond acceptors (Lipinski definition) is 4. The number of hydrogen-bond donors (Lipinski definition) is 1. The number of halogens is 1. The van der Waals surface area contributed by atoms with Gasteiger partial charge in [0.25, 0.3) is 0 Å². The third-order valence-electron chi connectivity index (χ3n) is 3.18. The largest absolute Gasteiger partial charge is 0.486 e. The Morgan fingerprint density at radius 3 is 2.95 bits per heavy atom. The zero-order valence-electron chi connectivity index (χ0n) is 12.1. The fourth-order valence-electron chi connectivity index (χ4n) is 2.25. The molecule has 1 aliphatic heterocycles. The van der Waals surface area contributed by atoms with Crippen molar-refractivity contribution in [2.45, 2.75) is 13.3 Å². The van der Waals surface area contributed by atoms with Gasteiger partial charge in [0.05, 0.1) is 11.4 Å². The molecule has 0 bridgehead atoms. The maximum atomic E-state index is 12.1. The van der Waals surface area contributed by atoms with Gasteiger partial charge < -0.3 is 14.8 Å². The summed E-state index contributed by atoms with van der Waals surface area (Å²) in [6.45, 7) is 2.83. The molecule has 5 nitrogen and oxygen atoms in total. The normalized spacial score (nSPS) is 12.8. The van der Waals surface area contributed by atoms with E-state index in [1.54, 1.807) is 18.2 Å². The average Bonchev–Trinajstić information content (AvgIpc) is 2.47. The topological polar surface area (TPSA) is 60.5 Å². The third kappa shape index (κ3) is 3.31. The Balaban J connectivity index is 1.73. The average molecular weight is 319 g/mol. The molecule has 0 unspecified atom stereocenters. The van der Waals surface area contributed by atoms with Crippen LogP contribution >= 0.6 is 11.6 Å². The highest BCUT2D eigenvalue weighted by Crippen LogP contribution is 2.38. The smallest absolute Gasteiger partial charge is 0.229 e. The Bertz CT molecular complexity index is 719. The summed E-state index contributed by atoms with van der Waals surface area (Å²) in [5.41, 5.74) is 1.61. The Morgan fingerprint density at radius 2 is 2.14 bits per heavy atom. The predicted octanol–water partition coefficient (Wildman–Crippen LogP) is 3.00. The van der Waals surface area contributed by atoms with Crippen molar-refractivity contribution >= 4 is 23.3 Å². The Kier molecular flexibility index (Phi) is 4.15. The van der Waals surface area contributed by atoms with Crippen LogP contribution in [0.1, 0.15) is 11.3 Å². The summed E-state index contributed by atoms with van der Waals surface area (Å²) in [5.74, 6) is 1.49. The number of carbonyl (C=O) groups is 1. The number of aryl methyl sites for hydroxylation is 1. The van der Waals surface area contributed by atoms with Crippen LogP contribution in [0.4, 0.5) is 5.82 Å². The van der Waals surface area contributed by atoms with Gasteiger partial charge >= 0.3 is 0 Å². The Morgan fingerprint density at radius 1 is 1.32 bits per heavy atom. The van der Waals surface area contributed by atoms with E-state index in [0.29, 0.717) is 35.6 Å². The van der Waals surface area contributed by atoms with Crippen LogP contribution in [0.3, 0.4) is 0 Å². The molecule has 3 rings (SSSR count). The maximum absolute atomic E-state index is 12.1. The number of carbonyl (C=O) groups excluding carboxylic acids is 1. The number of nitrogens with zero attached hydrogens (tertiary/aromatic N) is 1.